The van der Waals surface area contributed by atoms with Gasteiger partial charge in [0.2, 0.25) is 0 Å². The van der Waals surface area contributed by atoms with Crippen molar-refractivity contribution in [3.63, 3.8) is 0 Å². The Balaban J connectivity index is 0. The zero-order valence-corrected chi connectivity index (χ0v) is 7.45. The van der Waals surface area contributed by atoms with Crippen LogP contribution >= 0.6 is 0 Å². The van der Waals surface area contributed by atoms with Crippen LogP contribution in [0.2, 0.25) is 0 Å². The lowest BCUT2D eigenvalue weighted by atomic mass is 10.8. The molecule has 14 heavy (non-hydrogen) atoms. The molecule has 2 N–H and O–H groups in total. The number of hydrogen-bond acceptors (Lipinski definition) is 8. The van der Waals surface area contributed by atoms with Gasteiger partial charge in [-0.15, -0.1) is 0 Å². The minimum absolute atomic E-state index is 0.00463. The molecule has 0 unspecified atom stereocenters. The van der Waals surface area contributed by atoms with Crippen molar-refractivity contribution in [1.29, 1.82) is 10.8 Å². The van der Waals surface area contributed by atoms with Gasteiger partial charge in [0.15, 0.2) is 0 Å². The molecule has 0 fully saturated rings. The van der Waals surface area contributed by atoms with E-state index in [1.807, 2.05) is 5.08 Å². The standard InChI is InChI=1S/C4H6N3O4.H2N3/c1-3(8)10-7(6-5)11-4(2)9;1-3-2/h1-2H3;1H2/q2*+1. The first-order valence-corrected chi connectivity index (χ1v) is 3.04. The highest BCUT2D eigenvalue weighted by Crippen LogP contribution is 1.93. The maximum atomic E-state index is 10.2. The Labute approximate surface area is 78.3 Å². The largest absolute Gasteiger partial charge is 0.388 e. The Morgan fingerprint density at radius 1 is 1.21 bits per heavy atom. The molecule has 0 heterocycles. The van der Waals surface area contributed by atoms with E-state index < -0.39 is 11.9 Å². The Kier molecular flexibility index (Phi) is 8.44. The van der Waals surface area contributed by atoms with Crippen LogP contribution in [0, 0.1) is 10.8 Å². The number of diazo groups is 2. The molecule has 0 rings (SSSR count). The predicted octanol–water partition coefficient (Wildman–Crippen LogP) is -0.274. The predicted molar refractivity (Wildman–Crippen MR) is 39.7 cm³/mol. The first-order valence-electron chi connectivity index (χ1n) is 3.04. The van der Waals surface area contributed by atoms with E-state index in [0.717, 1.165) is 13.8 Å². The Morgan fingerprint density at radius 2 is 1.50 bits per heavy atom. The highest BCUT2D eigenvalue weighted by molar-refractivity contribution is 5.67. The second-order valence-electron chi connectivity index (χ2n) is 1.61. The number of nitrogens with zero attached hydrogens (tertiary/aromatic N) is 5. The summed E-state index contributed by atoms with van der Waals surface area (Å²) < 4.78 is 0. The van der Waals surface area contributed by atoms with Gasteiger partial charge in [0, 0.05) is 13.8 Å². The van der Waals surface area contributed by atoms with Crippen LogP contribution in [0.3, 0.4) is 0 Å². The third-order valence-electron chi connectivity index (χ3n) is 0.486. The monoisotopic (exact) mass is 204 g/mol. The van der Waals surface area contributed by atoms with E-state index in [-0.39, 0.29) is 5.34 Å². The minimum Gasteiger partial charge on any atom is -0.250 e. The summed E-state index contributed by atoms with van der Waals surface area (Å²) in [5.74, 6) is 2.48. The van der Waals surface area contributed by atoms with E-state index in [4.69, 9.17) is 10.8 Å². The highest BCUT2D eigenvalue weighted by atomic mass is 17.0. The van der Waals surface area contributed by atoms with E-state index in [1.165, 1.54) is 0 Å². The van der Waals surface area contributed by atoms with Gasteiger partial charge < -0.3 is 0 Å². The quantitative estimate of drug-likeness (QED) is 0.368. The number of hydrogen-bond donors (Lipinski definition) is 1. The Bertz CT molecular complexity index is 261. The van der Waals surface area contributed by atoms with E-state index in [9.17, 15) is 9.59 Å². The van der Waals surface area contributed by atoms with Gasteiger partial charge in [0.1, 0.15) is 0 Å². The summed E-state index contributed by atoms with van der Waals surface area (Å²) in [6.07, 6.45) is 0. The molecule has 0 atom stereocenters. The summed E-state index contributed by atoms with van der Waals surface area (Å²) in [4.78, 5) is 28.4. The summed E-state index contributed by atoms with van der Waals surface area (Å²) in [5.41, 5.74) is 0. The fourth-order valence-electron chi connectivity index (χ4n) is 0.275. The molecule has 0 aromatic carbocycles. The van der Waals surface area contributed by atoms with Crippen molar-refractivity contribution in [2.45, 2.75) is 13.8 Å². The molecule has 0 spiro atoms. The van der Waals surface area contributed by atoms with Crippen LogP contribution in [0.15, 0.2) is 0 Å². The number of carbonyl (C=O) groups is 2. The molecule has 10 nitrogen and oxygen atoms in total. The van der Waals surface area contributed by atoms with Crippen LogP contribution in [0.4, 0.5) is 0 Å². The lowest BCUT2D eigenvalue weighted by Crippen LogP contribution is -2.21. The summed E-state index contributed by atoms with van der Waals surface area (Å²) in [6.45, 7) is 2.11. The van der Waals surface area contributed by atoms with Gasteiger partial charge in [-0.2, -0.15) is 0 Å². The number of rotatable bonds is 2. The molecule has 0 bridgehead atoms. The van der Waals surface area contributed by atoms with Crippen LogP contribution in [-0.2, 0) is 19.3 Å². The third kappa shape index (κ3) is 12.1. The van der Waals surface area contributed by atoms with Gasteiger partial charge in [-0.3, -0.25) is 0 Å². The fourth-order valence-corrected chi connectivity index (χ4v) is 0.275. The summed E-state index contributed by atoms with van der Waals surface area (Å²) >= 11 is 0. The lowest BCUT2D eigenvalue weighted by Gasteiger charge is -1.96. The van der Waals surface area contributed by atoms with Crippen molar-refractivity contribution in [2.24, 2.45) is 5.84 Å². The zero-order valence-electron chi connectivity index (χ0n) is 7.45. The summed E-state index contributed by atoms with van der Waals surface area (Å²) in [7, 11) is 0. The van der Waals surface area contributed by atoms with E-state index in [2.05, 4.69) is 20.6 Å². The second kappa shape index (κ2) is 8.48. The van der Waals surface area contributed by atoms with Gasteiger partial charge in [-0.25, -0.2) is 19.3 Å². The first kappa shape index (κ1) is 13.9. The van der Waals surface area contributed by atoms with E-state index in [0.29, 0.717) is 0 Å². The topological polar surface area (TPSA) is 138 Å². The van der Waals surface area contributed by atoms with Crippen LogP contribution in [0.25, 0.3) is 10.2 Å². The average molecular weight is 204 g/mol. The first-order chi connectivity index (χ1) is 6.47. The molecule has 0 saturated heterocycles. The van der Waals surface area contributed by atoms with Crippen molar-refractivity contribution in [3.8, 4) is 0 Å². The summed E-state index contributed by atoms with van der Waals surface area (Å²) in [5, 5.41) is 19.3. The molecule has 0 aliphatic carbocycles. The minimum atomic E-state index is -0.774. The molecular weight excluding hydrogens is 196 g/mol. The third-order valence-corrected chi connectivity index (χ3v) is 0.486. The van der Waals surface area contributed by atoms with Crippen LogP contribution in [-0.4, -0.2) is 17.3 Å². The summed E-state index contributed by atoms with van der Waals surface area (Å²) in [6, 6.07) is 0. The molecular formula is C4H8N6O4+2. The zero-order chi connectivity index (χ0) is 11.6. The smallest absolute Gasteiger partial charge is 0.250 e. The number of carbonyl (C=O) groups excluding carboxylic acids is 2. The van der Waals surface area contributed by atoms with Gasteiger partial charge in [0.25, 0.3) is 15.9 Å². The van der Waals surface area contributed by atoms with E-state index in [1.54, 1.807) is 0 Å². The highest BCUT2D eigenvalue weighted by Gasteiger charge is 2.22. The molecule has 0 amide bonds. The molecule has 0 saturated carbocycles. The maximum absolute atomic E-state index is 10.2. The van der Waals surface area contributed by atoms with Crippen molar-refractivity contribution in [2.75, 3.05) is 0 Å². The van der Waals surface area contributed by atoms with Crippen molar-refractivity contribution < 1.29 is 19.3 Å². The van der Waals surface area contributed by atoms with Gasteiger partial charge in [-0.05, 0) is 0 Å². The molecule has 0 aromatic rings. The number of nitrogens with two attached hydrogens (primary N) is 1. The average Bonchev–Trinajstić information content (AvgIpc) is 2.02. The van der Waals surface area contributed by atoms with Crippen LogP contribution in [0.1, 0.15) is 13.8 Å². The molecule has 10 heteroatoms. The second-order valence-corrected chi connectivity index (χ2v) is 1.61. The van der Waals surface area contributed by atoms with Gasteiger partial charge >= 0.3 is 22.4 Å². The SMILES string of the molecule is CC(=O)ON([N+]#N)OC(C)=O.N#[N+]N. The van der Waals surface area contributed by atoms with Crippen LogP contribution in [0.5, 0.6) is 0 Å². The Hall–Kier alpha value is -2.62. The van der Waals surface area contributed by atoms with E-state index >= 15 is 0 Å². The van der Waals surface area contributed by atoms with Crippen molar-refractivity contribution in [3.05, 3.63) is 10.2 Å². The molecule has 0 aliphatic rings. The molecule has 0 radical (unpaired) electrons. The lowest BCUT2D eigenvalue weighted by molar-refractivity contribution is -0.298. The van der Waals surface area contributed by atoms with Crippen LogP contribution < -0.4 is 5.84 Å². The fraction of sp³-hybridized carbons (Fsp3) is 0.500. The normalized spacial score (nSPS) is 6.57. The Morgan fingerprint density at radius 3 is 1.64 bits per heavy atom. The maximum Gasteiger partial charge on any atom is 0.388 e. The molecule has 0 aliphatic heterocycles. The van der Waals surface area contributed by atoms with Crippen molar-refractivity contribution in [1.82, 2.24) is 5.34 Å². The van der Waals surface area contributed by atoms with Gasteiger partial charge in [0.05, 0.1) is 0 Å². The molecule has 0 aromatic heterocycles. The van der Waals surface area contributed by atoms with Crippen molar-refractivity contribution >= 4 is 11.9 Å². The molecule has 76 valence electrons. The van der Waals surface area contributed by atoms with Gasteiger partial charge in [-0.1, -0.05) is 5.84 Å².